The summed E-state index contributed by atoms with van der Waals surface area (Å²) in [6, 6.07) is -1.29. The van der Waals surface area contributed by atoms with Crippen molar-refractivity contribution < 1.29 is 14.7 Å². The van der Waals surface area contributed by atoms with Crippen LogP contribution >= 0.6 is 0 Å². The van der Waals surface area contributed by atoms with Gasteiger partial charge in [-0.15, -0.1) is 0 Å². The van der Waals surface area contributed by atoms with E-state index in [-0.39, 0.29) is 0 Å². The first kappa shape index (κ1) is 13.5. The molecule has 0 radical (unpaired) electrons. The predicted molar refractivity (Wildman–Crippen MR) is 57.7 cm³/mol. The molecule has 3 N–H and O–H groups in total. The Balaban J connectivity index is 3.99. The van der Waals surface area contributed by atoms with Crippen LogP contribution in [0.2, 0.25) is 0 Å². The first-order chi connectivity index (χ1) is 6.97. The fourth-order valence-electron chi connectivity index (χ4n) is 0.986. The van der Waals surface area contributed by atoms with Gasteiger partial charge in [0.2, 0.25) is 0 Å². The summed E-state index contributed by atoms with van der Waals surface area (Å²) in [5, 5.41) is 13.7. The third-order valence-electron chi connectivity index (χ3n) is 1.73. The van der Waals surface area contributed by atoms with Gasteiger partial charge in [-0.05, 0) is 13.3 Å². The molecule has 2 amide bonds. The molecular weight excluding hydrogens is 196 g/mol. The van der Waals surface area contributed by atoms with Crippen LogP contribution in [0.1, 0.15) is 26.7 Å². The third-order valence-corrected chi connectivity index (χ3v) is 1.73. The standard InChI is InChI=1S/C10H18N2O3/c1-4-5-8(9(13)14)12-10(15)11-6-7(2)3/h8H,2,4-6H2,1,3H3,(H,13,14)(H2,11,12,15)/t8-/m0/s1. The molecule has 5 nitrogen and oxygen atoms in total. The van der Waals surface area contributed by atoms with Crippen LogP contribution in [0.4, 0.5) is 4.79 Å². The van der Waals surface area contributed by atoms with E-state index in [1.165, 1.54) is 0 Å². The van der Waals surface area contributed by atoms with Crippen molar-refractivity contribution in [3.8, 4) is 0 Å². The Hall–Kier alpha value is -1.52. The first-order valence-electron chi connectivity index (χ1n) is 4.89. The van der Waals surface area contributed by atoms with Crippen LogP contribution in [0.15, 0.2) is 12.2 Å². The highest BCUT2D eigenvalue weighted by molar-refractivity contribution is 5.82. The van der Waals surface area contributed by atoms with Crippen LogP contribution in [-0.4, -0.2) is 29.7 Å². The third kappa shape index (κ3) is 6.54. The number of hydrogen-bond donors (Lipinski definition) is 3. The summed E-state index contributed by atoms with van der Waals surface area (Å²) in [6.45, 7) is 7.61. The van der Waals surface area contributed by atoms with E-state index in [1.54, 1.807) is 6.92 Å². The van der Waals surface area contributed by atoms with Crippen LogP contribution in [0, 0.1) is 0 Å². The van der Waals surface area contributed by atoms with Gasteiger partial charge in [0.25, 0.3) is 0 Å². The van der Waals surface area contributed by atoms with Crippen molar-refractivity contribution in [3.63, 3.8) is 0 Å². The lowest BCUT2D eigenvalue weighted by atomic mass is 10.2. The van der Waals surface area contributed by atoms with Crippen LogP contribution < -0.4 is 10.6 Å². The molecule has 0 aromatic carbocycles. The van der Waals surface area contributed by atoms with Gasteiger partial charge in [-0.25, -0.2) is 9.59 Å². The van der Waals surface area contributed by atoms with Crippen molar-refractivity contribution in [2.24, 2.45) is 0 Å². The molecule has 0 fully saturated rings. The van der Waals surface area contributed by atoms with Gasteiger partial charge in [0.05, 0.1) is 0 Å². The Kier molecular flexibility index (Phi) is 6.17. The summed E-state index contributed by atoms with van der Waals surface area (Å²) in [7, 11) is 0. The van der Waals surface area contributed by atoms with Crippen LogP contribution in [-0.2, 0) is 4.79 Å². The first-order valence-corrected chi connectivity index (χ1v) is 4.89. The molecule has 0 bridgehead atoms. The van der Waals surface area contributed by atoms with Gasteiger partial charge >= 0.3 is 12.0 Å². The minimum atomic E-state index is -1.01. The van der Waals surface area contributed by atoms with Gasteiger partial charge in [0.1, 0.15) is 6.04 Å². The van der Waals surface area contributed by atoms with Crippen molar-refractivity contribution in [2.45, 2.75) is 32.7 Å². The van der Waals surface area contributed by atoms with E-state index in [9.17, 15) is 9.59 Å². The Morgan fingerprint density at radius 3 is 2.47 bits per heavy atom. The molecule has 0 rings (SSSR count). The molecule has 0 unspecified atom stereocenters. The van der Waals surface area contributed by atoms with Gasteiger partial charge in [-0.1, -0.05) is 25.5 Å². The molecule has 15 heavy (non-hydrogen) atoms. The number of rotatable bonds is 6. The Bertz CT molecular complexity index is 251. The summed E-state index contributed by atoms with van der Waals surface area (Å²) >= 11 is 0. The van der Waals surface area contributed by atoms with Crippen molar-refractivity contribution >= 4 is 12.0 Å². The zero-order valence-corrected chi connectivity index (χ0v) is 9.17. The van der Waals surface area contributed by atoms with Crippen LogP contribution in [0.25, 0.3) is 0 Å². The average Bonchev–Trinajstić information content (AvgIpc) is 2.14. The molecule has 1 atom stereocenters. The Morgan fingerprint density at radius 1 is 1.47 bits per heavy atom. The summed E-state index contributed by atoms with van der Waals surface area (Å²) in [4.78, 5) is 21.9. The highest BCUT2D eigenvalue weighted by atomic mass is 16.4. The highest BCUT2D eigenvalue weighted by Gasteiger charge is 2.18. The maximum atomic E-state index is 11.2. The predicted octanol–water partition coefficient (Wildman–Crippen LogP) is 1.11. The van der Waals surface area contributed by atoms with Gasteiger partial charge in [0.15, 0.2) is 0 Å². The lowest BCUT2D eigenvalue weighted by molar-refractivity contribution is -0.139. The molecule has 0 saturated heterocycles. The number of amides is 2. The number of carboxylic acids is 1. The van der Waals surface area contributed by atoms with Gasteiger partial charge in [-0.3, -0.25) is 0 Å². The average molecular weight is 214 g/mol. The van der Waals surface area contributed by atoms with E-state index in [0.29, 0.717) is 19.4 Å². The summed E-state index contributed by atoms with van der Waals surface area (Å²) in [5.74, 6) is -1.01. The zero-order valence-electron chi connectivity index (χ0n) is 9.17. The second-order valence-electron chi connectivity index (χ2n) is 3.46. The number of carboxylic acid groups (broad SMARTS) is 1. The molecule has 86 valence electrons. The largest absolute Gasteiger partial charge is 0.480 e. The molecule has 0 aliphatic carbocycles. The Labute approximate surface area is 89.6 Å². The second kappa shape index (κ2) is 6.86. The normalized spacial score (nSPS) is 11.6. The quantitative estimate of drug-likeness (QED) is 0.580. The number of urea groups is 1. The van der Waals surface area contributed by atoms with Crippen molar-refractivity contribution in [1.29, 1.82) is 0 Å². The number of carbonyl (C=O) groups excluding carboxylic acids is 1. The summed E-state index contributed by atoms with van der Waals surface area (Å²) in [6.07, 6.45) is 1.13. The summed E-state index contributed by atoms with van der Waals surface area (Å²) in [5.41, 5.74) is 0.813. The van der Waals surface area contributed by atoms with E-state index in [1.807, 2.05) is 6.92 Å². The highest BCUT2D eigenvalue weighted by Crippen LogP contribution is 1.96. The minimum Gasteiger partial charge on any atom is -0.480 e. The SMILES string of the molecule is C=C(C)CNC(=O)N[C@@H](CCC)C(=O)O. The monoisotopic (exact) mass is 214 g/mol. The molecule has 0 aromatic rings. The lowest BCUT2D eigenvalue weighted by Crippen LogP contribution is -2.46. The van der Waals surface area contributed by atoms with E-state index < -0.39 is 18.0 Å². The van der Waals surface area contributed by atoms with Crippen molar-refractivity contribution in [1.82, 2.24) is 10.6 Å². The van der Waals surface area contributed by atoms with E-state index in [2.05, 4.69) is 17.2 Å². The molecule has 5 heteroatoms. The van der Waals surface area contributed by atoms with E-state index in [4.69, 9.17) is 5.11 Å². The van der Waals surface area contributed by atoms with E-state index >= 15 is 0 Å². The topological polar surface area (TPSA) is 78.4 Å². The molecule has 0 aliphatic heterocycles. The lowest BCUT2D eigenvalue weighted by Gasteiger charge is -2.14. The molecule has 0 spiro atoms. The maximum absolute atomic E-state index is 11.2. The number of aliphatic carboxylic acids is 1. The van der Waals surface area contributed by atoms with Crippen molar-refractivity contribution in [2.75, 3.05) is 6.54 Å². The zero-order chi connectivity index (χ0) is 11.8. The number of nitrogens with one attached hydrogen (secondary N) is 2. The van der Waals surface area contributed by atoms with Crippen molar-refractivity contribution in [3.05, 3.63) is 12.2 Å². The summed E-state index contributed by atoms with van der Waals surface area (Å²) < 4.78 is 0. The van der Waals surface area contributed by atoms with Crippen LogP contribution in [0.3, 0.4) is 0 Å². The van der Waals surface area contributed by atoms with E-state index in [0.717, 1.165) is 5.57 Å². The molecular formula is C10H18N2O3. The smallest absolute Gasteiger partial charge is 0.326 e. The molecule has 0 aromatic heterocycles. The fraction of sp³-hybridized carbons (Fsp3) is 0.600. The number of hydrogen-bond acceptors (Lipinski definition) is 2. The van der Waals surface area contributed by atoms with Crippen LogP contribution in [0.5, 0.6) is 0 Å². The van der Waals surface area contributed by atoms with Gasteiger partial charge in [0, 0.05) is 6.54 Å². The fourth-order valence-corrected chi connectivity index (χ4v) is 0.986. The van der Waals surface area contributed by atoms with Gasteiger partial charge in [-0.2, -0.15) is 0 Å². The molecule has 0 aliphatic rings. The Morgan fingerprint density at radius 2 is 2.07 bits per heavy atom. The maximum Gasteiger partial charge on any atom is 0.326 e. The molecule has 0 saturated carbocycles. The molecule has 0 heterocycles. The minimum absolute atomic E-state index is 0.351. The number of carbonyl (C=O) groups is 2. The van der Waals surface area contributed by atoms with Gasteiger partial charge < -0.3 is 15.7 Å². The second-order valence-corrected chi connectivity index (χ2v) is 3.46.